The summed E-state index contributed by atoms with van der Waals surface area (Å²) >= 11 is 0. The third-order valence-corrected chi connectivity index (χ3v) is 3.96. The number of unbranched alkanes of at least 4 members (excludes halogenated alkanes) is 1. The number of rotatable bonds is 10. The molecular weight excluding hydrogens is 328 g/mol. The summed E-state index contributed by atoms with van der Waals surface area (Å²) in [4.78, 5) is 8.79. The fraction of sp³-hybridized carbons (Fsp3) is 0.500. The van der Waals surface area contributed by atoms with Crippen molar-refractivity contribution in [1.29, 1.82) is 0 Å². The smallest absolute Gasteiger partial charge is 0.226 e. The van der Waals surface area contributed by atoms with Gasteiger partial charge in [-0.25, -0.2) is 4.98 Å². The van der Waals surface area contributed by atoms with E-state index in [1.54, 1.807) is 13.3 Å². The normalized spacial score (nSPS) is 11.6. The molecule has 2 N–H and O–H groups in total. The second-order valence-corrected chi connectivity index (χ2v) is 6.09. The third kappa shape index (κ3) is 6.88. The summed E-state index contributed by atoms with van der Waals surface area (Å²) in [6.45, 7) is 7.32. The molecule has 0 amide bonds. The molecule has 2 aromatic rings. The highest BCUT2D eigenvalue weighted by Crippen LogP contribution is 2.19. The Hall–Kier alpha value is -2.34. The molecule has 6 heteroatoms. The lowest BCUT2D eigenvalue weighted by molar-refractivity contribution is 0.143. The van der Waals surface area contributed by atoms with Gasteiger partial charge in [0, 0.05) is 45.3 Å². The minimum atomic E-state index is 0.664. The lowest BCUT2D eigenvalue weighted by Gasteiger charge is -2.11. The molecular formula is C20H30N4O2. The molecule has 0 aliphatic rings. The standard InChI is InChI=1S/C20H30N4O2/c1-4-25-14-6-5-12-22-20(21-3)23-13-11-18-15-26-19(24-18)17-9-7-16(2)8-10-17/h7-10,15H,4-6,11-14H2,1-3H3,(H2,21,22,23). The molecule has 2 rings (SSSR count). The van der Waals surface area contributed by atoms with E-state index in [1.165, 1.54) is 5.56 Å². The zero-order valence-electron chi connectivity index (χ0n) is 16.0. The Balaban J connectivity index is 1.69. The monoisotopic (exact) mass is 358 g/mol. The molecule has 0 fully saturated rings. The number of aliphatic imine (C=N–C) groups is 1. The fourth-order valence-corrected chi connectivity index (χ4v) is 2.46. The molecule has 6 nitrogen and oxygen atoms in total. The molecule has 0 bridgehead atoms. The summed E-state index contributed by atoms with van der Waals surface area (Å²) < 4.78 is 10.9. The highest BCUT2D eigenvalue weighted by molar-refractivity contribution is 5.79. The molecule has 0 saturated heterocycles. The number of nitrogens with one attached hydrogen (secondary N) is 2. The Kier molecular flexibility index (Phi) is 8.69. The van der Waals surface area contributed by atoms with Gasteiger partial charge in [0.25, 0.3) is 0 Å². The van der Waals surface area contributed by atoms with E-state index in [2.05, 4.69) is 39.7 Å². The Morgan fingerprint density at radius 2 is 1.92 bits per heavy atom. The Bertz CT molecular complexity index is 665. The number of oxazole rings is 1. The van der Waals surface area contributed by atoms with Crippen molar-refractivity contribution in [3.63, 3.8) is 0 Å². The topological polar surface area (TPSA) is 71.7 Å². The Morgan fingerprint density at radius 1 is 1.15 bits per heavy atom. The summed E-state index contributed by atoms with van der Waals surface area (Å²) in [6, 6.07) is 8.18. The second-order valence-electron chi connectivity index (χ2n) is 6.09. The van der Waals surface area contributed by atoms with Gasteiger partial charge in [-0.05, 0) is 38.8 Å². The summed E-state index contributed by atoms with van der Waals surface area (Å²) in [5.74, 6) is 1.47. The predicted octanol–water partition coefficient (Wildman–Crippen LogP) is 3.17. The summed E-state index contributed by atoms with van der Waals surface area (Å²) in [5.41, 5.74) is 3.15. The van der Waals surface area contributed by atoms with E-state index in [-0.39, 0.29) is 0 Å². The first-order valence-electron chi connectivity index (χ1n) is 9.26. The molecule has 0 unspecified atom stereocenters. The third-order valence-electron chi connectivity index (χ3n) is 3.96. The van der Waals surface area contributed by atoms with Crippen molar-refractivity contribution in [2.45, 2.75) is 33.1 Å². The largest absolute Gasteiger partial charge is 0.444 e. The van der Waals surface area contributed by atoms with E-state index < -0.39 is 0 Å². The van der Waals surface area contributed by atoms with Crippen LogP contribution in [0.4, 0.5) is 0 Å². The van der Waals surface area contributed by atoms with Crippen molar-refractivity contribution in [2.24, 2.45) is 4.99 Å². The molecule has 142 valence electrons. The summed E-state index contributed by atoms with van der Waals surface area (Å²) in [7, 11) is 1.78. The lowest BCUT2D eigenvalue weighted by atomic mass is 10.1. The first kappa shape index (κ1) is 20.0. The van der Waals surface area contributed by atoms with Crippen LogP contribution in [0.15, 0.2) is 39.9 Å². The van der Waals surface area contributed by atoms with E-state index in [9.17, 15) is 0 Å². The van der Waals surface area contributed by atoms with Crippen molar-refractivity contribution < 1.29 is 9.15 Å². The minimum Gasteiger partial charge on any atom is -0.444 e. The van der Waals surface area contributed by atoms with E-state index in [0.29, 0.717) is 5.89 Å². The van der Waals surface area contributed by atoms with Crippen molar-refractivity contribution in [3.05, 3.63) is 41.8 Å². The van der Waals surface area contributed by atoms with Crippen LogP contribution in [0.25, 0.3) is 11.5 Å². The number of guanidine groups is 1. The molecule has 1 aromatic carbocycles. The van der Waals surface area contributed by atoms with Crippen LogP contribution in [0.2, 0.25) is 0 Å². The van der Waals surface area contributed by atoms with Crippen LogP contribution in [-0.2, 0) is 11.2 Å². The van der Waals surface area contributed by atoms with Gasteiger partial charge in [0.15, 0.2) is 5.96 Å². The van der Waals surface area contributed by atoms with Crippen molar-refractivity contribution in [1.82, 2.24) is 15.6 Å². The maximum absolute atomic E-state index is 5.59. The fourth-order valence-electron chi connectivity index (χ4n) is 2.46. The van der Waals surface area contributed by atoms with Gasteiger partial charge >= 0.3 is 0 Å². The van der Waals surface area contributed by atoms with E-state index in [4.69, 9.17) is 9.15 Å². The van der Waals surface area contributed by atoms with E-state index in [1.807, 2.05) is 19.1 Å². The lowest BCUT2D eigenvalue weighted by Crippen LogP contribution is -2.38. The van der Waals surface area contributed by atoms with Crippen LogP contribution >= 0.6 is 0 Å². The van der Waals surface area contributed by atoms with Crippen LogP contribution in [0.3, 0.4) is 0 Å². The van der Waals surface area contributed by atoms with Gasteiger partial charge in [0.2, 0.25) is 5.89 Å². The van der Waals surface area contributed by atoms with Gasteiger partial charge in [-0.2, -0.15) is 0 Å². The molecule has 0 atom stereocenters. The molecule has 26 heavy (non-hydrogen) atoms. The molecule has 0 aliphatic carbocycles. The van der Waals surface area contributed by atoms with Gasteiger partial charge in [-0.3, -0.25) is 4.99 Å². The Morgan fingerprint density at radius 3 is 2.65 bits per heavy atom. The van der Waals surface area contributed by atoms with Crippen LogP contribution < -0.4 is 10.6 Å². The number of aryl methyl sites for hydroxylation is 1. The van der Waals surface area contributed by atoms with Crippen molar-refractivity contribution in [3.8, 4) is 11.5 Å². The maximum atomic E-state index is 5.59. The van der Waals surface area contributed by atoms with Crippen LogP contribution in [0, 0.1) is 6.92 Å². The predicted molar refractivity (Wildman–Crippen MR) is 105 cm³/mol. The first-order valence-corrected chi connectivity index (χ1v) is 9.26. The zero-order valence-corrected chi connectivity index (χ0v) is 16.0. The number of nitrogens with zero attached hydrogens (tertiary/aromatic N) is 2. The molecule has 0 aliphatic heterocycles. The number of benzene rings is 1. The summed E-state index contributed by atoms with van der Waals surface area (Å²) in [5, 5.41) is 6.61. The van der Waals surface area contributed by atoms with Gasteiger partial charge in [-0.1, -0.05) is 17.7 Å². The van der Waals surface area contributed by atoms with Crippen molar-refractivity contribution in [2.75, 3.05) is 33.4 Å². The second kappa shape index (κ2) is 11.3. The molecule has 1 heterocycles. The minimum absolute atomic E-state index is 0.664. The van der Waals surface area contributed by atoms with Crippen LogP contribution in [0.1, 0.15) is 31.0 Å². The quantitative estimate of drug-likeness (QED) is 0.388. The first-order chi connectivity index (χ1) is 12.7. The highest BCUT2D eigenvalue weighted by atomic mass is 16.5. The number of hydrogen-bond donors (Lipinski definition) is 2. The highest BCUT2D eigenvalue weighted by Gasteiger charge is 2.06. The van der Waals surface area contributed by atoms with Crippen LogP contribution in [-0.4, -0.2) is 44.3 Å². The molecule has 0 spiro atoms. The summed E-state index contributed by atoms with van der Waals surface area (Å²) in [6.07, 6.45) is 4.61. The number of aromatic nitrogens is 1. The average molecular weight is 358 g/mol. The van der Waals surface area contributed by atoms with Gasteiger partial charge in [0.05, 0.1) is 5.69 Å². The van der Waals surface area contributed by atoms with E-state index >= 15 is 0 Å². The zero-order chi connectivity index (χ0) is 18.6. The van der Waals surface area contributed by atoms with Gasteiger partial charge in [-0.15, -0.1) is 0 Å². The van der Waals surface area contributed by atoms with Crippen molar-refractivity contribution >= 4 is 5.96 Å². The SMILES string of the molecule is CCOCCCCNC(=NC)NCCc1coc(-c2ccc(C)cc2)n1. The molecule has 1 aromatic heterocycles. The average Bonchev–Trinajstić information content (AvgIpc) is 3.12. The maximum Gasteiger partial charge on any atom is 0.226 e. The number of ether oxygens (including phenoxy) is 1. The molecule has 0 saturated carbocycles. The molecule has 0 radical (unpaired) electrons. The Labute approximate surface area is 156 Å². The van der Waals surface area contributed by atoms with E-state index in [0.717, 1.165) is 62.8 Å². The van der Waals surface area contributed by atoms with Gasteiger partial charge in [0.1, 0.15) is 6.26 Å². The van der Waals surface area contributed by atoms with Gasteiger partial charge < -0.3 is 19.8 Å². The number of hydrogen-bond acceptors (Lipinski definition) is 4. The van der Waals surface area contributed by atoms with Crippen LogP contribution in [0.5, 0.6) is 0 Å².